The molecule has 0 aliphatic carbocycles. The van der Waals surface area contributed by atoms with Crippen LogP contribution in [0.25, 0.3) is 21.5 Å². The molecule has 0 fully saturated rings. The predicted octanol–water partition coefficient (Wildman–Crippen LogP) is 3.83. The lowest BCUT2D eigenvalue weighted by molar-refractivity contribution is -0.136. The lowest BCUT2D eigenvalue weighted by Crippen LogP contribution is -2.00. The van der Waals surface area contributed by atoms with Crippen molar-refractivity contribution in [3.05, 3.63) is 46.8 Å². The number of aromatic nitrogens is 1. The molecule has 4 heteroatoms. The van der Waals surface area contributed by atoms with E-state index >= 15 is 0 Å². The summed E-state index contributed by atoms with van der Waals surface area (Å²) in [5.74, 6) is -0.805. The molecule has 2 heterocycles. The number of hydrogen-bond donors (Lipinski definition) is 2. The summed E-state index contributed by atoms with van der Waals surface area (Å²) in [6.45, 7) is 2.02. The van der Waals surface area contributed by atoms with Gasteiger partial charge < -0.3 is 10.1 Å². The van der Waals surface area contributed by atoms with Crippen LogP contribution in [0.5, 0.6) is 0 Å². The largest absolute Gasteiger partial charge is 0.481 e. The van der Waals surface area contributed by atoms with Crippen molar-refractivity contribution in [1.29, 1.82) is 0 Å². The minimum atomic E-state index is -0.805. The van der Waals surface area contributed by atoms with E-state index in [9.17, 15) is 4.79 Å². The molecule has 0 saturated heterocycles. The molecule has 3 rings (SSSR count). The summed E-state index contributed by atoms with van der Waals surface area (Å²) in [6.07, 6.45) is 0.0384. The van der Waals surface area contributed by atoms with Crippen LogP contribution in [0, 0.1) is 6.92 Å². The number of H-pyrrole nitrogens is 1. The van der Waals surface area contributed by atoms with Crippen LogP contribution >= 0.6 is 11.3 Å². The molecule has 0 saturated carbocycles. The molecule has 0 unspecified atom stereocenters. The Balaban J connectivity index is 2.28. The number of carboxylic acid groups (broad SMARTS) is 1. The Labute approximate surface area is 114 Å². The number of hydrogen-bond acceptors (Lipinski definition) is 2. The summed E-state index contributed by atoms with van der Waals surface area (Å²) in [4.78, 5) is 15.5. The average molecular weight is 271 g/mol. The first-order valence-electron chi connectivity index (χ1n) is 6.02. The minimum absolute atomic E-state index is 0.0384. The molecule has 96 valence electrons. The van der Waals surface area contributed by atoms with E-state index in [1.54, 1.807) is 11.3 Å². The van der Waals surface area contributed by atoms with Crippen molar-refractivity contribution in [3.63, 3.8) is 0 Å². The number of nitrogens with one attached hydrogen (secondary N) is 1. The van der Waals surface area contributed by atoms with Gasteiger partial charge in [0.25, 0.3) is 0 Å². The third-order valence-corrected chi connectivity index (χ3v) is 4.04. The number of carbonyl (C=O) groups is 1. The Morgan fingerprint density at radius 3 is 2.89 bits per heavy atom. The van der Waals surface area contributed by atoms with Gasteiger partial charge in [-0.2, -0.15) is 0 Å². The SMILES string of the molecule is Cc1ccc2[nH]c(-c3cccs3)c(CC(=O)O)c2c1. The summed E-state index contributed by atoms with van der Waals surface area (Å²) in [6, 6.07) is 10.1. The summed E-state index contributed by atoms with van der Waals surface area (Å²) < 4.78 is 0. The van der Waals surface area contributed by atoms with Gasteiger partial charge in [0.05, 0.1) is 17.0 Å². The molecule has 2 aromatic heterocycles. The molecule has 19 heavy (non-hydrogen) atoms. The molecule has 0 radical (unpaired) electrons. The average Bonchev–Trinajstić information content (AvgIpc) is 2.97. The fourth-order valence-corrected chi connectivity index (χ4v) is 3.08. The highest BCUT2D eigenvalue weighted by Gasteiger charge is 2.16. The van der Waals surface area contributed by atoms with Crippen LogP contribution < -0.4 is 0 Å². The van der Waals surface area contributed by atoms with Crippen LogP contribution in [0.3, 0.4) is 0 Å². The highest BCUT2D eigenvalue weighted by atomic mass is 32.1. The minimum Gasteiger partial charge on any atom is -0.481 e. The van der Waals surface area contributed by atoms with Gasteiger partial charge in [0.15, 0.2) is 0 Å². The summed E-state index contributed by atoms with van der Waals surface area (Å²) in [7, 11) is 0. The van der Waals surface area contributed by atoms with Gasteiger partial charge in [-0.05, 0) is 36.1 Å². The second-order valence-corrected chi connectivity index (χ2v) is 5.52. The van der Waals surface area contributed by atoms with Crippen LogP contribution in [0.15, 0.2) is 35.7 Å². The Kier molecular flexibility index (Phi) is 2.87. The molecule has 0 aliphatic rings. The maximum absolute atomic E-state index is 11.1. The van der Waals surface area contributed by atoms with Crippen molar-refractivity contribution in [2.24, 2.45) is 0 Å². The number of carboxylic acids is 1. The zero-order chi connectivity index (χ0) is 13.4. The second-order valence-electron chi connectivity index (χ2n) is 4.58. The molecule has 2 N–H and O–H groups in total. The Morgan fingerprint density at radius 1 is 1.37 bits per heavy atom. The number of aliphatic carboxylic acids is 1. The first kappa shape index (κ1) is 12.0. The van der Waals surface area contributed by atoms with Crippen molar-refractivity contribution >= 4 is 28.2 Å². The Bertz CT molecular complexity index is 741. The molecule has 3 aromatic rings. The Hall–Kier alpha value is -2.07. The zero-order valence-electron chi connectivity index (χ0n) is 10.4. The normalized spacial score (nSPS) is 11.0. The van der Waals surface area contributed by atoms with Crippen LogP contribution in [-0.2, 0) is 11.2 Å². The first-order valence-corrected chi connectivity index (χ1v) is 6.90. The molecule has 0 atom stereocenters. The van der Waals surface area contributed by atoms with E-state index < -0.39 is 5.97 Å². The fourth-order valence-electron chi connectivity index (χ4n) is 2.33. The monoisotopic (exact) mass is 271 g/mol. The highest BCUT2D eigenvalue weighted by Crippen LogP contribution is 2.33. The molecule has 0 amide bonds. The van der Waals surface area contributed by atoms with E-state index in [0.29, 0.717) is 0 Å². The van der Waals surface area contributed by atoms with E-state index in [2.05, 4.69) is 4.98 Å². The highest BCUT2D eigenvalue weighted by molar-refractivity contribution is 7.13. The van der Waals surface area contributed by atoms with Crippen LogP contribution in [-0.4, -0.2) is 16.1 Å². The van der Waals surface area contributed by atoms with E-state index in [1.807, 2.05) is 42.6 Å². The third-order valence-electron chi connectivity index (χ3n) is 3.16. The molecular formula is C15H13NO2S. The molecule has 3 nitrogen and oxygen atoms in total. The van der Waals surface area contributed by atoms with Crippen LogP contribution in [0.1, 0.15) is 11.1 Å². The molecule has 1 aromatic carbocycles. The number of benzene rings is 1. The van der Waals surface area contributed by atoms with Gasteiger partial charge in [0.2, 0.25) is 0 Å². The van der Waals surface area contributed by atoms with E-state index in [0.717, 1.165) is 32.6 Å². The number of fused-ring (bicyclic) bond motifs is 1. The van der Waals surface area contributed by atoms with Gasteiger partial charge in [-0.1, -0.05) is 17.7 Å². The van der Waals surface area contributed by atoms with Gasteiger partial charge in [0, 0.05) is 10.9 Å². The smallest absolute Gasteiger partial charge is 0.307 e. The lowest BCUT2D eigenvalue weighted by atomic mass is 10.0. The molecule has 0 bridgehead atoms. The first-order chi connectivity index (χ1) is 9.15. The van der Waals surface area contributed by atoms with Crippen molar-refractivity contribution in [2.45, 2.75) is 13.3 Å². The van der Waals surface area contributed by atoms with Crippen molar-refractivity contribution < 1.29 is 9.90 Å². The fraction of sp³-hybridized carbons (Fsp3) is 0.133. The van der Waals surface area contributed by atoms with Gasteiger partial charge >= 0.3 is 5.97 Å². The topological polar surface area (TPSA) is 53.1 Å². The molecular weight excluding hydrogens is 258 g/mol. The van der Waals surface area contributed by atoms with Gasteiger partial charge in [-0.3, -0.25) is 4.79 Å². The van der Waals surface area contributed by atoms with Gasteiger partial charge in [-0.25, -0.2) is 0 Å². The maximum Gasteiger partial charge on any atom is 0.307 e. The van der Waals surface area contributed by atoms with Gasteiger partial charge in [0.1, 0.15) is 0 Å². The van der Waals surface area contributed by atoms with Crippen LogP contribution in [0.2, 0.25) is 0 Å². The molecule has 0 spiro atoms. The summed E-state index contributed by atoms with van der Waals surface area (Å²) in [5, 5.41) is 12.1. The summed E-state index contributed by atoms with van der Waals surface area (Å²) >= 11 is 1.61. The standard InChI is InChI=1S/C15H13NO2S/c1-9-4-5-12-10(7-9)11(8-14(17)18)15(16-12)13-3-2-6-19-13/h2-7,16H,8H2,1H3,(H,17,18). The summed E-state index contributed by atoms with van der Waals surface area (Å²) in [5.41, 5.74) is 3.92. The zero-order valence-corrected chi connectivity index (χ0v) is 11.3. The van der Waals surface area contributed by atoms with E-state index in [1.165, 1.54) is 0 Å². The van der Waals surface area contributed by atoms with Crippen LogP contribution in [0.4, 0.5) is 0 Å². The van der Waals surface area contributed by atoms with Gasteiger partial charge in [-0.15, -0.1) is 11.3 Å². The number of thiophene rings is 1. The van der Waals surface area contributed by atoms with Crippen molar-refractivity contribution in [2.75, 3.05) is 0 Å². The van der Waals surface area contributed by atoms with E-state index in [4.69, 9.17) is 5.11 Å². The third kappa shape index (κ3) is 2.15. The number of aromatic amines is 1. The lowest BCUT2D eigenvalue weighted by Gasteiger charge is -2.00. The maximum atomic E-state index is 11.1. The molecule has 0 aliphatic heterocycles. The second kappa shape index (κ2) is 4.55. The number of aryl methyl sites for hydroxylation is 1. The Morgan fingerprint density at radius 2 is 2.21 bits per heavy atom. The number of rotatable bonds is 3. The predicted molar refractivity (Wildman–Crippen MR) is 77.7 cm³/mol. The van der Waals surface area contributed by atoms with Crippen molar-refractivity contribution in [1.82, 2.24) is 4.98 Å². The van der Waals surface area contributed by atoms with Crippen molar-refractivity contribution in [3.8, 4) is 10.6 Å². The van der Waals surface area contributed by atoms with E-state index in [-0.39, 0.29) is 6.42 Å². The quantitative estimate of drug-likeness (QED) is 0.760.